The molecule has 1 aromatic rings. The normalized spacial score (nSPS) is 12.4. The second kappa shape index (κ2) is 9.74. The zero-order chi connectivity index (χ0) is 15.7. The molecule has 0 fully saturated rings. The molecule has 0 saturated heterocycles. The summed E-state index contributed by atoms with van der Waals surface area (Å²) in [6.07, 6.45) is 1.13. The van der Waals surface area contributed by atoms with Gasteiger partial charge in [-0.05, 0) is 25.0 Å². The van der Waals surface area contributed by atoms with Crippen molar-refractivity contribution in [1.29, 1.82) is 0 Å². The molecule has 21 heavy (non-hydrogen) atoms. The minimum atomic E-state index is -0.139. The largest absolute Gasteiger partial charge is 0.383 e. The summed E-state index contributed by atoms with van der Waals surface area (Å²) in [4.78, 5) is 2.27. The van der Waals surface area contributed by atoms with Crippen molar-refractivity contribution in [2.24, 2.45) is 5.92 Å². The van der Waals surface area contributed by atoms with Gasteiger partial charge < -0.3 is 15.0 Å². The molecule has 0 bridgehead atoms. The van der Waals surface area contributed by atoms with E-state index in [4.69, 9.17) is 4.74 Å². The van der Waals surface area contributed by atoms with Gasteiger partial charge in [-0.25, -0.2) is 4.39 Å². The average Bonchev–Trinajstić information content (AvgIpc) is 2.50. The SMILES string of the molecule is CCC(C)CN(CC)c1cccc(F)c1CNCCOC. The molecular weight excluding hydrogens is 267 g/mol. The van der Waals surface area contributed by atoms with Crippen LogP contribution in [-0.4, -0.2) is 33.4 Å². The third-order valence-electron chi connectivity index (χ3n) is 3.83. The highest BCUT2D eigenvalue weighted by atomic mass is 19.1. The maximum absolute atomic E-state index is 14.2. The molecule has 0 saturated carbocycles. The lowest BCUT2D eigenvalue weighted by Gasteiger charge is -2.28. The van der Waals surface area contributed by atoms with Crippen molar-refractivity contribution in [3.8, 4) is 0 Å². The molecule has 1 aromatic carbocycles. The van der Waals surface area contributed by atoms with Crippen molar-refractivity contribution in [3.63, 3.8) is 0 Å². The van der Waals surface area contributed by atoms with Crippen molar-refractivity contribution in [2.75, 3.05) is 38.3 Å². The van der Waals surface area contributed by atoms with E-state index >= 15 is 0 Å². The number of ether oxygens (including phenoxy) is 1. The van der Waals surface area contributed by atoms with Crippen LogP contribution in [0.2, 0.25) is 0 Å². The van der Waals surface area contributed by atoms with Crippen molar-refractivity contribution in [3.05, 3.63) is 29.6 Å². The van der Waals surface area contributed by atoms with Crippen molar-refractivity contribution >= 4 is 5.69 Å². The summed E-state index contributed by atoms with van der Waals surface area (Å²) in [7, 11) is 1.67. The quantitative estimate of drug-likeness (QED) is 0.669. The Kier molecular flexibility index (Phi) is 8.31. The first kappa shape index (κ1) is 17.9. The average molecular weight is 296 g/mol. The maximum Gasteiger partial charge on any atom is 0.129 e. The number of hydrogen-bond donors (Lipinski definition) is 1. The fourth-order valence-electron chi connectivity index (χ4n) is 2.31. The molecule has 1 N–H and O–H groups in total. The van der Waals surface area contributed by atoms with Gasteiger partial charge in [0.2, 0.25) is 0 Å². The molecule has 0 aliphatic rings. The van der Waals surface area contributed by atoms with Gasteiger partial charge in [0.1, 0.15) is 5.82 Å². The molecular formula is C17H29FN2O. The molecule has 0 radical (unpaired) electrons. The fraction of sp³-hybridized carbons (Fsp3) is 0.647. The van der Waals surface area contributed by atoms with E-state index in [0.717, 1.165) is 37.3 Å². The van der Waals surface area contributed by atoms with Crippen LogP contribution in [0.25, 0.3) is 0 Å². The molecule has 0 aliphatic carbocycles. The number of methoxy groups -OCH3 is 1. The summed E-state index contributed by atoms with van der Waals surface area (Å²) in [6.45, 7) is 10.3. The third kappa shape index (κ3) is 5.64. The van der Waals surface area contributed by atoms with Gasteiger partial charge in [0.15, 0.2) is 0 Å². The van der Waals surface area contributed by atoms with E-state index in [0.29, 0.717) is 19.1 Å². The van der Waals surface area contributed by atoms with Crippen LogP contribution < -0.4 is 10.2 Å². The smallest absolute Gasteiger partial charge is 0.129 e. The van der Waals surface area contributed by atoms with Gasteiger partial charge in [0.25, 0.3) is 0 Å². The predicted molar refractivity (Wildman–Crippen MR) is 87.3 cm³/mol. The summed E-state index contributed by atoms with van der Waals surface area (Å²) in [5.41, 5.74) is 1.75. The minimum Gasteiger partial charge on any atom is -0.383 e. The molecule has 1 rings (SSSR count). The topological polar surface area (TPSA) is 24.5 Å². The Labute approximate surface area is 128 Å². The molecule has 4 heteroatoms. The third-order valence-corrected chi connectivity index (χ3v) is 3.83. The first-order valence-electron chi connectivity index (χ1n) is 7.85. The van der Waals surface area contributed by atoms with Gasteiger partial charge in [0, 0.05) is 44.5 Å². The number of nitrogens with one attached hydrogen (secondary N) is 1. The molecule has 3 nitrogen and oxygen atoms in total. The van der Waals surface area contributed by atoms with Crippen molar-refractivity contribution in [2.45, 2.75) is 33.7 Å². The highest BCUT2D eigenvalue weighted by Crippen LogP contribution is 2.24. The monoisotopic (exact) mass is 296 g/mol. The number of benzene rings is 1. The number of rotatable bonds is 10. The molecule has 1 atom stereocenters. The Morgan fingerprint density at radius 1 is 1.33 bits per heavy atom. The maximum atomic E-state index is 14.2. The summed E-state index contributed by atoms with van der Waals surface area (Å²) in [5.74, 6) is 0.461. The van der Waals surface area contributed by atoms with Crippen molar-refractivity contribution < 1.29 is 9.13 Å². The lowest BCUT2D eigenvalue weighted by Crippen LogP contribution is -2.30. The number of halogens is 1. The van der Waals surface area contributed by atoms with Crippen LogP contribution in [0.1, 0.15) is 32.8 Å². The Hall–Kier alpha value is -1.13. The van der Waals surface area contributed by atoms with E-state index in [1.54, 1.807) is 13.2 Å². The van der Waals surface area contributed by atoms with Gasteiger partial charge in [-0.3, -0.25) is 0 Å². The standard InChI is InChI=1S/C17H29FN2O/c1-5-14(3)13-20(6-2)17-9-7-8-16(18)15(17)12-19-10-11-21-4/h7-9,14,19H,5-6,10-13H2,1-4H3. The van der Waals surface area contributed by atoms with Crippen LogP contribution in [0.5, 0.6) is 0 Å². The number of anilines is 1. The number of nitrogens with zero attached hydrogens (tertiary/aromatic N) is 1. The van der Waals surface area contributed by atoms with Crippen LogP contribution in [-0.2, 0) is 11.3 Å². The highest BCUT2D eigenvalue weighted by Gasteiger charge is 2.15. The van der Waals surface area contributed by atoms with Gasteiger partial charge in [-0.2, -0.15) is 0 Å². The van der Waals surface area contributed by atoms with Gasteiger partial charge >= 0.3 is 0 Å². The van der Waals surface area contributed by atoms with E-state index in [1.807, 2.05) is 6.07 Å². The minimum absolute atomic E-state index is 0.139. The predicted octanol–water partition coefficient (Wildman–Crippen LogP) is 3.43. The second-order valence-electron chi connectivity index (χ2n) is 5.46. The Morgan fingerprint density at radius 3 is 2.71 bits per heavy atom. The van der Waals surface area contributed by atoms with E-state index in [9.17, 15) is 4.39 Å². The van der Waals surface area contributed by atoms with Crippen LogP contribution in [0.3, 0.4) is 0 Å². The Morgan fingerprint density at radius 2 is 2.10 bits per heavy atom. The van der Waals surface area contributed by atoms with Crippen LogP contribution in [0.15, 0.2) is 18.2 Å². The van der Waals surface area contributed by atoms with Gasteiger partial charge in [-0.15, -0.1) is 0 Å². The second-order valence-corrected chi connectivity index (χ2v) is 5.46. The number of hydrogen-bond acceptors (Lipinski definition) is 3. The zero-order valence-corrected chi connectivity index (χ0v) is 13.8. The molecule has 0 heterocycles. The molecule has 120 valence electrons. The first-order valence-corrected chi connectivity index (χ1v) is 7.85. The van der Waals surface area contributed by atoms with Gasteiger partial charge in [0.05, 0.1) is 6.61 Å². The molecule has 0 amide bonds. The summed E-state index contributed by atoms with van der Waals surface area (Å²) >= 11 is 0. The summed E-state index contributed by atoms with van der Waals surface area (Å²) in [6, 6.07) is 5.35. The first-order chi connectivity index (χ1) is 10.1. The van der Waals surface area contributed by atoms with E-state index in [-0.39, 0.29) is 5.82 Å². The van der Waals surface area contributed by atoms with Gasteiger partial charge in [-0.1, -0.05) is 26.3 Å². The summed E-state index contributed by atoms with van der Waals surface area (Å²) in [5, 5.41) is 3.24. The zero-order valence-electron chi connectivity index (χ0n) is 13.8. The lowest BCUT2D eigenvalue weighted by molar-refractivity contribution is 0.199. The van der Waals surface area contributed by atoms with E-state index in [2.05, 4.69) is 31.0 Å². The van der Waals surface area contributed by atoms with E-state index < -0.39 is 0 Å². The van der Waals surface area contributed by atoms with E-state index in [1.165, 1.54) is 6.07 Å². The highest BCUT2D eigenvalue weighted by molar-refractivity contribution is 5.54. The molecule has 1 unspecified atom stereocenters. The Balaban J connectivity index is 2.85. The Bertz CT molecular complexity index is 412. The molecule has 0 aliphatic heterocycles. The van der Waals surface area contributed by atoms with Crippen LogP contribution >= 0.6 is 0 Å². The lowest BCUT2D eigenvalue weighted by atomic mass is 10.1. The summed E-state index contributed by atoms with van der Waals surface area (Å²) < 4.78 is 19.2. The molecule has 0 aromatic heterocycles. The molecule has 0 spiro atoms. The van der Waals surface area contributed by atoms with Crippen LogP contribution in [0, 0.1) is 11.7 Å². The van der Waals surface area contributed by atoms with Crippen LogP contribution in [0.4, 0.5) is 10.1 Å². The van der Waals surface area contributed by atoms with Crippen molar-refractivity contribution in [1.82, 2.24) is 5.32 Å². The fourth-order valence-corrected chi connectivity index (χ4v) is 2.31.